The quantitative estimate of drug-likeness (QED) is 0.782. The highest BCUT2D eigenvalue weighted by molar-refractivity contribution is 7.90. The van der Waals surface area contributed by atoms with Crippen LogP contribution in [0.5, 0.6) is 0 Å². The monoisotopic (exact) mass is 407 g/mol. The molecule has 1 unspecified atom stereocenters. The summed E-state index contributed by atoms with van der Waals surface area (Å²) in [5.41, 5.74) is 1.78. The lowest BCUT2D eigenvalue weighted by Gasteiger charge is -2.30. The number of rotatable bonds is 5. The number of oxime groups is 1. The van der Waals surface area contributed by atoms with Crippen molar-refractivity contribution in [2.24, 2.45) is 11.1 Å². The van der Waals surface area contributed by atoms with Gasteiger partial charge in [-0.2, -0.15) is 0 Å². The van der Waals surface area contributed by atoms with Gasteiger partial charge in [-0.15, -0.1) is 0 Å². The molecule has 0 radical (unpaired) electrons. The second kappa shape index (κ2) is 8.21. The van der Waals surface area contributed by atoms with Crippen molar-refractivity contribution in [2.45, 2.75) is 69.8 Å². The van der Waals surface area contributed by atoms with Crippen LogP contribution in [0.3, 0.4) is 0 Å². The van der Waals surface area contributed by atoms with Gasteiger partial charge >= 0.3 is 0 Å². The van der Waals surface area contributed by atoms with Gasteiger partial charge in [-0.1, -0.05) is 17.3 Å². The molecule has 1 aliphatic carbocycles. The molecule has 1 atom stereocenters. The van der Waals surface area contributed by atoms with Crippen LogP contribution in [0.15, 0.2) is 29.4 Å². The van der Waals surface area contributed by atoms with E-state index in [1.54, 1.807) is 27.0 Å². The zero-order chi connectivity index (χ0) is 20.4. The minimum absolute atomic E-state index is 0.00896. The van der Waals surface area contributed by atoms with Crippen molar-refractivity contribution in [1.82, 2.24) is 4.72 Å². The first-order valence-electron chi connectivity index (χ1n) is 9.76. The highest BCUT2D eigenvalue weighted by Crippen LogP contribution is 2.28. The molecule has 154 valence electrons. The van der Waals surface area contributed by atoms with Crippen molar-refractivity contribution >= 4 is 27.8 Å². The van der Waals surface area contributed by atoms with E-state index in [9.17, 15) is 13.2 Å². The summed E-state index contributed by atoms with van der Waals surface area (Å²) in [7, 11) is -3.36. The van der Waals surface area contributed by atoms with E-state index in [1.807, 2.05) is 24.3 Å². The average molecular weight is 408 g/mol. The van der Waals surface area contributed by atoms with Crippen LogP contribution in [0, 0.1) is 5.92 Å². The second-order valence-electron chi connectivity index (χ2n) is 8.51. The molecule has 28 heavy (non-hydrogen) atoms. The van der Waals surface area contributed by atoms with Gasteiger partial charge in [0.05, 0.1) is 4.75 Å². The molecule has 0 saturated heterocycles. The Hall–Kier alpha value is -1.93. The van der Waals surface area contributed by atoms with Crippen molar-refractivity contribution in [2.75, 3.05) is 5.32 Å². The third kappa shape index (κ3) is 4.91. The van der Waals surface area contributed by atoms with Crippen LogP contribution < -0.4 is 10.0 Å². The minimum Gasteiger partial charge on any atom is -0.388 e. The molecule has 8 heteroatoms. The largest absolute Gasteiger partial charge is 0.388 e. The Morgan fingerprint density at radius 2 is 1.75 bits per heavy atom. The Morgan fingerprint density at radius 1 is 1.11 bits per heavy atom. The maximum atomic E-state index is 12.6. The van der Waals surface area contributed by atoms with Gasteiger partial charge in [-0.05, 0) is 64.2 Å². The molecule has 0 spiro atoms. The third-order valence-corrected chi connectivity index (χ3v) is 7.61. The summed E-state index contributed by atoms with van der Waals surface area (Å²) >= 11 is 0. The van der Waals surface area contributed by atoms with Gasteiger partial charge in [0.1, 0.15) is 0 Å². The fourth-order valence-corrected chi connectivity index (χ4v) is 4.42. The van der Waals surface area contributed by atoms with Gasteiger partial charge in [-0.25, -0.2) is 13.1 Å². The van der Waals surface area contributed by atoms with Crippen LogP contribution in [-0.2, 0) is 19.7 Å². The van der Waals surface area contributed by atoms with E-state index in [4.69, 9.17) is 4.84 Å². The zero-order valence-electron chi connectivity index (χ0n) is 16.6. The molecule has 7 nitrogen and oxygen atoms in total. The molecular formula is C20H29N3O4S. The van der Waals surface area contributed by atoms with Gasteiger partial charge in [0.15, 0.2) is 6.10 Å². The predicted octanol–water partition coefficient (Wildman–Crippen LogP) is 3.35. The number of anilines is 1. The molecule has 0 aromatic heterocycles. The highest BCUT2D eigenvalue weighted by atomic mass is 32.2. The number of nitrogens with zero attached hydrogens (tertiary/aromatic N) is 1. The fourth-order valence-electron chi connectivity index (χ4n) is 3.39. The number of hydrogen-bond donors (Lipinski definition) is 2. The topological polar surface area (TPSA) is 96.9 Å². The molecule has 1 aliphatic heterocycles. The summed E-state index contributed by atoms with van der Waals surface area (Å²) in [5.74, 6) is -0.105. The van der Waals surface area contributed by atoms with E-state index in [-0.39, 0.29) is 24.0 Å². The Morgan fingerprint density at radius 3 is 2.29 bits per heavy atom. The van der Waals surface area contributed by atoms with E-state index < -0.39 is 14.8 Å². The van der Waals surface area contributed by atoms with Crippen molar-refractivity contribution < 1.29 is 18.0 Å². The van der Waals surface area contributed by atoms with E-state index in [1.165, 1.54) is 0 Å². The normalized spacial score (nSPS) is 25.3. The van der Waals surface area contributed by atoms with E-state index in [0.29, 0.717) is 25.7 Å². The zero-order valence-corrected chi connectivity index (χ0v) is 17.5. The number of carbonyl (C=O) groups excluding carboxylic acids is 1. The van der Waals surface area contributed by atoms with E-state index >= 15 is 0 Å². The summed E-state index contributed by atoms with van der Waals surface area (Å²) in [5, 5.41) is 6.74. The van der Waals surface area contributed by atoms with Crippen molar-refractivity contribution in [3.8, 4) is 0 Å². The second-order valence-corrected chi connectivity index (χ2v) is 11.0. The van der Waals surface area contributed by atoms with Gasteiger partial charge < -0.3 is 10.2 Å². The number of sulfonamides is 1. The first-order valence-corrected chi connectivity index (χ1v) is 11.2. The highest BCUT2D eigenvalue weighted by Gasteiger charge is 2.34. The standard InChI is InChI=1S/C20H29N3O4S/c1-20(2,3)28(25,26)23-17-10-6-15(7-11-17)19(24)22-16-8-4-14(5-9-16)18-12-13-21-27-18/h4-5,8-9,13,15,17-18,23H,6-7,10-12H2,1-3H3,(H,22,24)/t15-,17-,18?. The van der Waals surface area contributed by atoms with Crippen LogP contribution in [0.1, 0.15) is 64.5 Å². The van der Waals surface area contributed by atoms with Crippen LogP contribution in [0.2, 0.25) is 0 Å². The molecular weight excluding hydrogens is 378 g/mol. The first kappa shape index (κ1) is 20.8. The Labute approximate surface area is 167 Å². The summed E-state index contributed by atoms with van der Waals surface area (Å²) in [6, 6.07) is 7.53. The fraction of sp³-hybridized carbons (Fsp3) is 0.600. The van der Waals surface area contributed by atoms with Gasteiger partial charge in [-0.3, -0.25) is 4.79 Å². The number of benzene rings is 1. The summed E-state index contributed by atoms with van der Waals surface area (Å²) < 4.78 is 26.6. The number of nitrogens with one attached hydrogen (secondary N) is 2. The van der Waals surface area contributed by atoms with E-state index in [0.717, 1.165) is 17.7 Å². The molecule has 1 amide bonds. The molecule has 1 saturated carbocycles. The van der Waals surface area contributed by atoms with Gasteiger partial charge in [0.2, 0.25) is 15.9 Å². The summed E-state index contributed by atoms with van der Waals surface area (Å²) in [4.78, 5) is 17.8. The lowest BCUT2D eigenvalue weighted by atomic mass is 9.86. The van der Waals surface area contributed by atoms with Gasteiger partial charge in [0, 0.05) is 30.3 Å². The lowest BCUT2D eigenvalue weighted by molar-refractivity contribution is -0.120. The Kier molecular flexibility index (Phi) is 6.09. The van der Waals surface area contributed by atoms with Crippen molar-refractivity contribution in [1.29, 1.82) is 0 Å². The number of carbonyl (C=O) groups is 1. The van der Waals surface area contributed by atoms with E-state index in [2.05, 4.69) is 15.2 Å². The van der Waals surface area contributed by atoms with Crippen molar-refractivity contribution in [3.63, 3.8) is 0 Å². The molecule has 3 rings (SSSR count). The van der Waals surface area contributed by atoms with Crippen LogP contribution in [-0.4, -0.2) is 31.3 Å². The minimum atomic E-state index is -3.36. The molecule has 1 aromatic carbocycles. The SMILES string of the molecule is CC(C)(C)S(=O)(=O)N[C@H]1CC[C@H](C(=O)Nc2ccc(C3CC=NO3)cc2)CC1. The molecule has 0 bridgehead atoms. The lowest BCUT2D eigenvalue weighted by Crippen LogP contribution is -2.46. The van der Waals surface area contributed by atoms with Crippen LogP contribution >= 0.6 is 0 Å². The molecule has 1 aromatic rings. The third-order valence-electron chi connectivity index (χ3n) is 5.36. The molecule has 1 heterocycles. The first-order chi connectivity index (χ1) is 13.2. The Balaban J connectivity index is 1.49. The summed E-state index contributed by atoms with van der Waals surface area (Å²) in [6.07, 6.45) is 5.16. The van der Waals surface area contributed by atoms with Gasteiger partial charge in [0.25, 0.3) is 0 Å². The van der Waals surface area contributed by atoms with Crippen LogP contribution in [0.4, 0.5) is 5.69 Å². The summed E-state index contributed by atoms with van der Waals surface area (Å²) in [6.45, 7) is 5.06. The number of hydrogen-bond acceptors (Lipinski definition) is 5. The van der Waals surface area contributed by atoms with Crippen molar-refractivity contribution in [3.05, 3.63) is 29.8 Å². The smallest absolute Gasteiger partial charge is 0.227 e. The predicted molar refractivity (Wildman–Crippen MR) is 110 cm³/mol. The molecule has 1 fully saturated rings. The van der Waals surface area contributed by atoms with Crippen LogP contribution in [0.25, 0.3) is 0 Å². The maximum Gasteiger partial charge on any atom is 0.227 e. The number of amides is 1. The molecule has 2 aliphatic rings. The average Bonchev–Trinajstić information content (AvgIpc) is 3.16. The Bertz CT molecular complexity index is 812. The molecule has 2 N–H and O–H groups in total. The maximum absolute atomic E-state index is 12.6.